The average molecular weight is 270 g/mol. The molecule has 1 aliphatic rings. The number of nitrogens with zero attached hydrogens (tertiary/aromatic N) is 1. The average Bonchev–Trinajstić information content (AvgIpc) is 2.50. The quantitative estimate of drug-likeness (QED) is 0.892. The number of anilines is 3. The molecule has 0 aromatic heterocycles. The highest BCUT2D eigenvalue weighted by Gasteiger charge is 2.12. The standard InChI is InChI=1S/C17H19FN2/c1-2-20(15-7-5-14(18)6-8-15)16-9-10-17-13(12-16)4-3-11-19-17/h5-10,12,19H,2-4,11H2,1H3. The van der Waals surface area contributed by atoms with Crippen molar-refractivity contribution in [2.75, 3.05) is 23.3 Å². The topological polar surface area (TPSA) is 15.3 Å². The fourth-order valence-electron chi connectivity index (χ4n) is 2.76. The van der Waals surface area contributed by atoms with Crippen LogP contribution in [0, 0.1) is 5.82 Å². The summed E-state index contributed by atoms with van der Waals surface area (Å²) in [4.78, 5) is 2.20. The molecule has 0 amide bonds. The van der Waals surface area contributed by atoms with Crippen molar-refractivity contribution in [3.05, 3.63) is 53.8 Å². The van der Waals surface area contributed by atoms with Crippen LogP contribution in [0.1, 0.15) is 18.9 Å². The van der Waals surface area contributed by atoms with Crippen LogP contribution in [-0.2, 0) is 6.42 Å². The van der Waals surface area contributed by atoms with Crippen molar-refractivity contribution in [3.8, 4) is 0 Å². The molecule has 2 nitrogen and oxygen atoms in total. The second-order valence-electron chi connectivity index (χ2n) is 5.09. The highest BCUT2D eigenvalue weighted by atomic mass is 19.1. The van der Waals surface area contributed by atoms with Crippen molar-refractivity contribution >= 4 is 17.1 Å². The summed E-state index contributed by atoms with van der Waals surface area (Å²) in [6, 6.07) is 13.2. The Labute approximate surface area is 119 Å². The van der Waals surface area contributed by atoms with Gasteiger partial charge in [-0.15, -0.1) is 0 Å². The summed E-state index contributed by atoms with van der Waals surface area (Å²) in [7, 11) is 0. The number of hydrogen-bond donors (Lipinski definition) is 1. The third-order valence-corrected chi connectivity index (χ3v) is 3.79. The van der Waals surface area contributed by atoms with E-state index >= 15 is 0 Å². The maximum atomic E-state index is 13.1. The van der Waals surface area contributed by atoms with Crippen LogP contribution in [0.25, 0.3) is 0 Å². The van der Waals surface area contributed by atoms with Gasteiger partial charge in [-0.05, 0) is 67.8 Å². The van der Waals surface area contributed by atoms with Crippen LogP contribution in [0.3, 0.4) is 0 Å². The van der Waals surface area contributed by atoms with Gasteiger partial charge in [0.1, 0.15) is 5.82 Å². The molecule has 20 heavy (non-hydrogen) atoms. The van der Waals surface area contributed by atoms with Gasteiger partial charge in [-0.1, -0.05) is 0 Å². The lowest BCUT2D eigenvalue weighted by Crippen LogP contribution is -2.17. The summed E-state index contributed by atoms with van der Waals surface area (Å²) in [6.07, 6.45) is 2.30. The molecule has 0 unspecified atom stereocenters. The van der Waals surface area contributed by atoms with Gasteiger partial charge in [0.05, 0.1) is 0 Å². The van der Waals surface area contributed by atoms with E-state index in [-0.39, 0.29) is 5.82 Å². The smallest absolute Gasteiger partial charge is 0.123 e. The van der Waals surface area contributed by atoms with E-state index in [1.54, 1.807) is 0 Å². The lowest BCUT2D eigenvalue weighted by Gasteiger charge is -2.26. The lowest BCUT2D eigenvalue weighted by molar-refractivity contribution is 0.628. The normalized spacial score (nSPS) is 13.5. The number of halogens is 1. The second kappa shape index (κ2) is 5.53. The minimum absolute atomic E-state index is 0.195. The van der Waals surface area contributed by atoms with Gasteiger partial charge in [-0.2, -0.15) is 0 Å². The lowest BCUT2D eigenvalue weighted by atomic mass is 10.0. The Morgan fingerprint density at radius 3 is 2.60 bits per heavy atom. The highest BCUT2D eigenvalue weighted by molar-refractivity contribution is 5.68. The molecular weight excluding hydrogens is 251 g/mol. The Bertz CT molecular complexity index is 592. The van der Waals surface area contributed by atoms with Crippen LogP contribution in [0.2, 0.25) is 0 Å². The third-order valence-electron chi connectivity index (χ3n) is 3.79. The maximum Gasteiger partial charge on any atom is 0.123 e. The van der Waals surface area contributed by atoms with Crippen molar-refractivity contribution in [2.45, 2.75) is 19.8 Å². The van der Waals surface area contributed by atoms with E-state index in [0.29, 0.717) is 0 Å². The van der Waals surface area contributed by atoms with E-state index in [2.05, 4.69) is 35.3 Å². The number of hydrogen-bond acceptors (Lipinski definition) is 2. The van der Waals surface area contributed by atoms with E-state index < -0.39 is 0 Å². The van der Waals surface area contributed by atoms with Gasteiger partial charge in [-0.25, -0.2) is 4.39 Å². The molecule has 2 aromatic carbocycles. The van der Waals surface area contributed by atoms with Crippen LogP contribution in [0.15, 0.2) is 42.5 Å². The first-order valence-electron chi connectivity index (χ1n) is 7.18. The number of aryl methyl sites for hydroxylation is 1. The molecule has 0 atom stereocenters. The van der Waals surface area contributed by atoms with E-state index in [4.69, 9.17) is 0 Å². The van der Waals surface area contributed by atoms with Crippen LogP contribution >= 0.6 is 0 Å². The molecule has 1 aliphatic heterocycles. The third kappa shape index (κ3) is 2.48. The summed E-state index contributed by atoms with van der Waals surface area (Å²) in [5.74, 6) is -0.195. The first-order chi connectivity index (χ1) is 9.78. The molecule has 1 N–H and O–H groups in total. The predicted molar refractivity (Wildman–Crippen MR) is 82.3 cm³/mol. The monoisotopic (exact) mass is 270 g/mol. The van der Waals surface area contributed by atoms with Gasteiger partial charge in [0.25, 0.3) is 0 Å². The minimum atomic E-state index is -0.195. The molecule has 0 fully saturated rings. The molecule has 3 heteroatoms. The van der Waals surface area contributed by atoms with Crippen molar-refractivity contribution in [3.63, 3.8) is 0 Å². The van der Waals surface area contributed by atoms with Crippen LogP contribution in [0.5, 0.6) is 0 Å². The van der Waals surface area contributed by atoms with Crippen molar-refractivity contribution in [1.29, 1.82) is 0 Å². The highest BCUT2D eigenvalue weighted by Crippen LogP contribution is 2.31. The summed E-state index contributed by atoms with van der Waals surface area (Å²) in [5, 5.41) is 3.43. The SMILES string of the molecule is CCN(c1ccc(F)cc1)c1ccc2c(c1)CCCN2. The molecule has 104 valence electrons. The molecule has 0 radical (unpaired) electrons. The number of benzene rings is 2. The van der Waals surface area contributed by atoms with E-state index in [1.807, 2.05) is 12.1 Å². The van der Waals surface area contributed by atoms with Gasteiger partial charge in [0.2, 0.25) is 0 Å². The summed E-state index contributed by atoms with van der Waals surface area (Å²) in [5.41, 5.74) is 4.81. The zero-order chi connectivity index (χ0) is 13.9. The Kier molecular flexibility index (Phi) is 3.59. The summed E-state index contributed by atoms with van der Waals surface area (Å²) in [6.45, 7) is 4.03. The first-order valence-corrected chi connectivity index (χ1v) is 7.18. The number of nitrogens with one attached hydrogen (secondary N) is 1. The van der Waals surface area contributed by atoms with Gasteiger partial charge in [0.15, 0.2) is 0 Å². The largest absolute Gasteiger partial charge is 0.385 e. The van der Waals surface area contributed by atoms with Crippen LogP contribution in [0.4, 0.5) is 21.5 Å². The van der Waals surface area contributed by atoms with Crippen molar-refractivity contribution in [2.24, 2.45) is 0 Å². The molecule has 0 bridgehead atoms. The molecule has 2 aromatic rings. The van der Waals surface area contributed by atoms with E-state index in [1.165, 1.54) is 35.5 Å². The van der Waals surface area contributed by atoms with E-state index in [0.717, 1.165) is 25.2 Å². The molecule has 1 heterocycles. The molecule has 3 rings (SSSR count). The second-order valence-corrected chi connectivity index (χ2v) is 5.09. The molecular formula is C17H19FN2. The first kappa shape index (κ1) is 13.0. The fraction of sp³-hybridized carbons (Fsp3) is 0.294. The van der Waals surface area contributed by atoms with E-state index in [9.17, 15) is 4.39 Å². The number of fused-ring (bicyclic) bond motifs is 1. The summed E-state index contributed by atoms with van der Waals surface area (Å²) >= 11 is 0. The Morgan fingerprint density at radius 1 is 1.10 bits per heavy atom. The maximum absolute atomic E-state index is 13.1. The minimum Gasteiger partial charge on any atom is -0.385 e. The molecule has 0 saturated heterocycles. The Balaban J connectivity index is 1.94. The van der Waals surface area contributed by atoms with Crippen LogP contribution < -0.4 is 10.2 Å². The fourth-order valence-corrected chi connectivity index (χ4v) is 2.76. The van der Waals surface area contributed by atoms with Crippen LogP contribution in [-0.4, -0.2) is 13.1 Å². The zero-order valence-corrected chi connectivity index (χ0v) is 11.7. The predicted octanol–water partition coefficient (Wildman–Crippen LogP) is 4.34. The summed E-state index contributed by atoms with van der Waals surface area (Å²) < 4.78 is 13.1. The Morgan fingerprint density at radius 2 is 1.85 bits per heavy atom. The van der Waals surface area contributed by atoms with Gasteiger partial charge < -0.3 is 10.2 Å². The van der Waals surface area contributed by atoms with Crippen molar-refractivity contribution in [1.82, 2.24) is 0 Å². The molecule has 0 spiro atoms. The molecule has 0 aliphatic carbocycles. The number of rotatable bonds is 3. The molecule has 0 saturated carbocycles. The Hall–Kier alpha value is -2.03. The van der Waals surface area contributed by atoms with Crippen molar-refractivity contribution < 1.29 is 4.39 Å². The zero-order valence-electron chi connectivity index (χ0n) is 11.7. The van der Waals surface area contributed by atoms with Gasteiger partial charge in [-0.3, -0.25) is 0 Å². The van der Waals surface area contributed by atoms with Gasteiger partial charge in [0, 0.05) is 30.2 Å². The van der Waals surface area contributed by atoms with Gasteiger partial charge >= 0.3 is 0 Å².